The van der Waals surface area contributed by atoms with Gasteiger partial charge in [0.15, 0.2) is 17.5 Å². The Morgan fingerprint density at radius 1 is 0.258 bits per heavy atom. The SMILES string of the molecule is c1ccc(-c2nc(-c3ccccc3)nc(-c3ccccc3-c3ccc4c(c3)c3ccccc3n4-c3ccc(-c4cccc5c6ccccc6n(-c6ccccc6)c45)cc3)n2)cc1. The first-order valence-electron chi connectivity index (χ1n) is 21.0. The minimum absolute atomic E-state index is 0.635. The van der Waals surface area contributed by atoms with Gasteiger partial charge in [0.2, 0.25) is 0 Å². The maximum Gasteiger partial charge on any atom is 0.164 e. The fourth-order valence-corrected chi connectivity index (χ4v) is 9.16. The van der Waals surface area contributed by atoms with Crippen molar-refractivity contribution < 1.29 is 0 Å². The summed E-state index contributed by atoms with van der Waals surface area (Å²) >= 11 is 0. The van der Waals surface area contributed by atoms with Crippen LogP contribution < -0.4 is 0 Å². The lowest BCUT2D eigenvalue weighted by atomic mass is 9.97. The van der Waals surface area contributed by atoms with Crippen molar-refractivity contribution in [3.05, 3.63) is 224 Å². The fraction of sp³-hybridized carbons (Fsp3) is 0. The summed E-state index contributed by atoms with van der Waals surface area (Å²) in [6.45, 7) is 0. The predicted octanol–water partition coefficient (Wildman–Crippen LogP) is 14.4. The van der Waals surface area contributed by atoms with Crippen LogP contribution >= 0.6 is 0 Å². The maximum atomic E-state index is 5.09. The van der Waals surface area contributed by atoms with Gasteiger partial charge < -0.3 is 9.13 Å². The zero-order valence-corrected chi connectivity index (χ0v) is 33.6. The summed E-state index contributed by atoms with van der Waals surface area (Å²) in [5.41, 5.74) is 14.3. The Morgan fingerprint density at radius 2 is 0.726 bits per heavy atom. The molecule has 0 saturated carbocycles. The Bertz CT molecular complexity index is 3550. The highest BCUT2D eigenvalue weighted by molar-refractivity contribution is 6.14. The Labute approximate surface area is 358 Å². The van der Waals surface area contributed by atoms with Crippen LogP contribution in [0, 0.1) is 0 Å². The summed E-state index contributed by atoms with van der Waals surface area (Å²) in [5, 5.41) is 4.87. The number of para-hydroxylation sites is 4. The van der Waals surface area contributed by atoms with Crippen LogP contribution in [-0.2, 0) is 0 Å². The molecule has 5 nitrogen and oxygen atoms in total. The molecule has 3 heterocycles. The van der Waals surface area contributed by atoms with Crippen molar-refractivity contribution in [2.24, 2.45) is 0 Å². The van der Waals surface area contributed by atoms with Gasteiger partial charge in [0.05, 0.1) is 22.1 Å². The number of hydrogen-bond donors (Lipinski definition) is 0. The molecular weight excluding hydrogens is 755 g/mol. The normalized spacial score (nSPS) is 11.5. The summed E-state index contributed by atoms with van der Waals surface area (Å²) in [6, 6.07) is 79.3. The van der Waals surface area contributed by atoms with Gasteiger partial charge in [-0.25, -0.2) is 15.0 Å². The van der Waals surface area contributed by atoms with Gasteiger partial charge in [-0.2, -0.15) is 0 Å². The third-order valence-electron chi connectivity index (χ3n) is 12.0. The molecular formula is C57H37N5. The van der Waals surface area contributed by atoms with E-state index in [1.165, 1.54) is 43.7 Å². The molecule has 5 heteroatoms. The molecule has 0 aliphatic carbocycles. The van der Waals surface area contributed by atoms with E-state index in [4.69, 9.17) is 15.0 Å². The number of aromatic nitrogens is 5. The Hall–Kier alpha value is -8.41. The van der Waals surface area contributed by atoms with E-state index in [0.717, 1.165) is 50.2 Å². The Morgan fingerprint density at radius 3 is 1.40 bits per heavy atom. The molecule has 0 atom stereocenters. The van der Waals surface area contributed by atoms with Crippen molar-refractivity contribution in [3.8, 4) is 67.8 Å². The van der Waals surface area contributed by atoms with E-state index in [9.17, 15) is 0 Å². The smallest absolute Gasteiger partial charge is 0.164 e. The molecule has 0 fully saturated rings. The molecule has 0 saturated heterocycles. The van der Waals surface area contributed by atoms with Gasteiger partial charge in [-0.15, -0.1) is 0 Å². The third-order valence-corrected chi connectivity index (χ3v) is 12.0. The molecule has 9 aromatic carbocycles. The average Bonchev–Trinajstić information content (AvgIpc) is 3.87. The van der Waals surface area contributed by atoms with Gasteiger partial charge in [-0.1, -0.05) is 176 Å². The number of benzene rings is 9. The zero-order valence-electron chi connectivity index (χ0n) is 33.6. The van der Waals surface area contributed by atoms with Crippen molar-refractivity contribution >= 4 is 43.6 Å². The van der Waals surface area contributed by atoms with E-state index < -0.39 is 0 Å². The minimum Gasteiger partial charge on any atom is -0.309 e. The van der Waals surface area contributed by atoms with Crippen LogP contribution in [0.1, 0.15) is 0 Å². The first-order chi connectivity index (χ1) is 30.8. The van der Waals surface area contributed by atoms with Crippen molar-refractivity contribution in [1.82, 2.24) is 24.1 Å². The molecule has 290 valence electrons. The second-order valence-corrected chi connectivity index (χ2v) is 15.6. The standard InChI is InChI=1S/C57H37N5/c1-4-17-39(18-5-1)55-58-56(40-19-6-2-7-20-40)60-57(59-55)49-26-11-10-23-44(49)41-33-36-53-50(37-41)47-25-13-14-29-51(47)61(53)43-34-31-38(32-35-43)45-27-16-28-48-46-24-12-15-30-52(46)62(54(45)48)42-21-8-3-9-22-42/h1-37H. The van der Waals surface area contributed by atoms with E-state index in [-0.39, 0.29) is 0 Å². The van der Waals surface area contributed by atoms with Gasteiger partial charge in [-0.3, -0.25) is 0 Å². The molecule has 0 spiro atoms. The number of fused-ring (bicyclic) bond motifs is 6. The lowest BCUT2D eigenvalue weighted by Crippen LogP contribution is -2.01. The summed E-state index contributed by atoms with van der Waals surface area (Å²) < 4.78 is 4.79. The van der Waals surface area contributed by atoms with E-state index in [1.807, 2.05) is 60.7 Å². The summed E-state index contributed by atoms with van der Waals surface area (Å²) in [7, 11) is 0. The molecule has 0 unspecified atom stereocenters. The van der Waals surface area contributed by atoms with Crippen molar-refractivity contribution in [2.45, 2.75) is 0 Å². The van der Waals surface area contributed by atoms with Crippen LogP contribution in [0.4, 0.5) is 0 Å². The lowest BCUT2D eigenvalue weighted by Gasteiger charge is -2.13. The first-order valence-corrected chi connectivity index (χ1v) is 21.0. The van der Waals surface area contributed by atoms with Crippen LogP contribution in [0.2, 0.25) is 0 Å². The van der Waals surface area contributed by atoms with Crippen LogP contribution in [0.15, 0.2) is 224 Å². The fourth-order valence-electron chi connectivity index (χ4n) is 9.16. The first kappa shape index (κ1) is 35.5. The zero-order chi connectivity index (χ0) is 41.0. The van der Waals surface area contributed by atoms with E-state index >= 15 is 0 Å². The molecule has 12 aromatic rings. The molecule has 0 bridgehead atoms. The molecule has 12 rings (SSSR count). The van der Waals surface area contributed by atoms with Gasteiger partial charge in [0.25, 0.3) is 0 Å². The summed E-state index contributed by atoms with van der Waals surface area (Å²) in [6.07, 6.45) is 0. The van der Waals surface area contributed by atoms with Crippen molar-refractivity contribution in [2.75, 3.05) is 0 Å². The molecule has 0 amide bonds. The van der Waals surface area contributed by atoms with Crippen LogP contribution in [0.25, 0.3) is 111 Å². The maximum absolute atomic E-state index is 5.09. The van der Waals surface area contributed by atoms with Gasteiger partial charge in [0.1, 0.15) is 0 Å². The van der Waals surface area contributed by atoms with Crippen LogP contribution in [0.3, 0.4) is 0 Å². The van der Waals surface area contributed by atoms with Crippen LogP contribution in [-0.4, -0.2) is 24.1 Å². The highest BCUT2D eigenvalue weighted by Gasteiger charge is 2.20. The number of rotatable bonds is 7. The number of hydrogen-bond acceptors (Lipinski definition) is 3. The molecule has 0 aliphatic rings. The quantitative estimate of drug-likeness (QED) is 0.162. The highest BCUT2D eigenvalue weighted by atomic mass is 15.0. The summed E-state index contributed by atoms with van der Waals surface area (Å²) in [5.74, 6) is 1.92. The Balaban J connectivity index is 0.978. The van der Waals surface area contributed by atoms with E-state index in [2.05, 4.69) is 173 Å². The summed E-state index contributed by atoms with van der Waals surface area (Å²) in [4.78, 5) is 15.1. The molecule has 0 N–H and O–H groups in total. The van der Waals surface area contributed by atoms with Crippen LogP contribution in [0.5, 0.6) is 0 Å². The number of nitrogens with zero attached hydrogens (tertiary/aromatic N) is 5. The average molecular weight is 792 g/mol. The van der Waals surface area contributed by atoms with E-state index in [1.54, 1.807) is 0 Å². The minimum atomic E-state index is 0.635. The van der Waals surface area contributed by atoms with Gasteiger partial charge >= 0.3 is 0 Å². The molecule has 62 heavy (non-hydrogen) atoms. The third kappa shape index (κ3) is 5.90. The topological polar surface area (TPSA) is 48.5 Å². The second-order valence-electron chi connectivity index (χ2n) is 15.6. The van der Waals surface area contributed by atoms with Crippen molar-refractivity contribution in [3.63, 3.8) is 0 Å². The van der Waals surface area contributed by atoms with Crippen molar-refractivity contribution in [1.29, 1.82) is 0 Å². The molecule has 0 radical (unpaired) electrons. The Kier molecular flexibility index (Phi) is 8.42. The second kappa shape index (κ2) is 14.7. The predicted molar refractivity (Wildman–Crippen MR) is 256 cm³/mol. The lowest BCUT2D eigenvalue weighted by molar-refractivity contribution is 1.07. The molecule has 3 aromatic heterocycles. The van der Waals surface area contributed by atoms with E-state index in [0.29, 0.717) is 17.5 Å². The van der Waals surface area contributed by atoms with Gasteiger partial charge in [-0.05, 0) is 65.2 Å². The monoisotopic (exact) mass is 791 g/mol. The van der Waals surface area contributed by atoms with Gasteiger partial charge in [0, 0.05) is 55.2 Å². The highest BCUT2D eigenvalue weighted by Crippen LogP contribution is 2.41. The molecule has 0 aliphatic heterocycles. The largest absolute Gasteiger partial charge is 0.309 e.